The topological polar surface area (TPSA) is 88.1 Å². The zero-order valence-electron chi connectivity index (χ0n) is 15.0. The highest BCUT2D eigenvalue weighted by atomic mass is 35.5. The Bertz CT molecular complexity index is 630. The van der Waals surface area contributed by atoms with E-state index in [4.69, 9.17) is 21.1 Å². The molecular weight excluding hydrogens is 360 g/mol. The first-order valence-corrected chi connectivity index (χ1v) is 9.00. The van der Waals surface area contributed by atoms with Crippen LogP contribution in [0.5, 0.6) is 5.75 Å². The van der Waals surface area contributed by atoms with E-state index in [1.54, 1.807) is 30.2 Å². The molecule has 144 valence electrons. The summed E-state index contributed by atoms with van der Waals surface area (Å²) in [5.74, 6) is 0.0335. The minimum absolute atomic E-state index is 0.0630. The molecule has 1 aliphatic rings. The predicted molar refractivity (Wildman–Crippen MR) is 97.6 cm³/mol. The minimum atomic E-state index is -0.982. The molecule has 1 heterocycles. The molecule has 1 unspecified atom stereocenters. The van der Waals surface area contributed by atoms with Crippen molar-refractivity contribution in [3.05, 3.63) is 28.8 Å². The maximum Gasteiger partial charge on any atom is 0.251 e. The van der Waals surface area contributed by atoms with Crippen LogP contribution < -0.4 is 10.1 Å². The first kappa shape index (κ1) is 20.5. The number of ether oxygens (including phenoxy) is 2. The van der Waals surface area contributed by atoms with Crippen LogP contribution in [0, 0.1) is 0 Å². The Labute approximate surface area is 158 Å². The lowest BCUT2D eigenvalue weighted by atomic mass is 10.1. The first-order chi connectivity index (χ1) is 12.4. The highest BCUT2D eigenvalue weighted by Gasteiger charge is 2.26. The lowest BCUT2D eigenvalue weighted by molar-refractivity contribution is -0.141. The number of hydrogen-bond acceptors (Lipinski definition) is 5. The molecule has 26 heavy (non-hydrogen) atoms. The van der Waals surface area contributed by atoms with Crippen LogP contribution in [-0.4, -0.2) is 67.4 Å². The molecule has 2 amide bonds. The summed E-state index contributed by atoms with van der Waals surface area (Å²) in [6.45, 7) is 3.40. The van der Waals surface area contributed by atoms with Gasteiger partial charge in [-0.1, -0.05) is 11.6 Å². The van der Waals surface area contributed by atoms with Crippen molar-refractivity contribution in [2.45, 2.75) is 32.0 Å². The van der Waals surface area contributed by atoms with Gasteiger partial charge in [-0.05, 0) is 25.1 Å². The van der Waals surface area contributed by atoms with Gasteiger partial charge in [-0.2, -0.15) is 0 Å². The van der Waals surface area contributed by atoms with Crippen LogP contribution in [0.2, 0.25) is 5.02 Å². The molecule has 0 aliphatic carbocycles. The normalized spacial score (nSPS) is 16.2. The molecule has 1 aliphatic heterocycles. The highest BCUT2D eigenvalue weighted by Crippen LogP contribution is 2.28. The number of benzene rings is 1. The van der Waals surface area contributed by atoms with Gasteiger partial charge < -0.3 is 24.8 Å². The summed E-state index contributed by atoms with van der Waals surface area (Å²) < 4.78 is 10.8. The third-order valence-corrected chi connectivity index (χ3v) is 4.49. The van der Waals surface area contributed by atoms with Crippen molar-refractivity contribution in [2.75, 3.05) is 33.4 Å². The van der Waals surface area contributed by atoms with Crippen LogP contribution in [0.1, 0.15) is 30.1 Å². The fourth-order valence-electron chi connectivity index (χ4n) is 2.74. The smallest absolute Gasteiger partial charge is 0.251 e. The van der Waals surface area contributed by atoms with E-state index < -0.39 is 6.10 Å². The average Bonchev–Trinajstić information content (AvgIpc) is 2.63. The van der Waals surface area contributed by atoms with Crippen LogP contribution in [0.3, 0.4) is 0 Å². The van der Waals surface area contributed by atoms with E-state index in [1.165, 1.54) is 6.92 Å². The van der Waals surface area contributed by atoms with Crippen molar-refractivity contribution in [1.29, 1.82) is 0 Å². The molecule has 0 radical (unpaired) electrons. The molecule has 0 bridgehead atoms. The Morgan fingerprint density at radius 3 is 2.65 bits per heavy atom. The summed E-state index contributed by atoms with van der Waals surface area (Å²) >= 11 is 6.25. The first-order valence-electron chi connectivity index (χ1n) is 8.62. The zero-order valence-corrected chi connectivity index (χ0v) is 15.8. The van der Waals surface area contributed by atoms with E-state index in [-0.39, 0.29) is 17.9 Å². The van der Waals surface area contributed by atoms with Gasteiger partial charge in [-0.3, -0.25) is 9.59 Å². The van der Waals surface area contributed by atoms with E-state index in [2.05, 4.69) is 5.32 Å². The van der Waals surface area contributed by atoms with Gasteiger partial charge in [0.1, 0.15) is 18.0 Å². The van der Waals surface area contributed by atoms with Crippen molar-refractivity contribution in [1.82, 2.24) is 10.2 Å². The number of methoxy groups -OCH3 is 1. The number of carbonyl (C=O) groups is 2. The van der Waals surface area contributed by atoms with E-state index >= 15 is 0 Å². The number of aliphatic hydroxyl groups is 1. The maximum absolute atomic E-state index is 12.0. The molecule has 1 aromatic carbocycles. The zero-order chi connectivity index (χ0) is 19.1. The molecule has 8 heteroatoms. The summed E-state index contributed by atoms with van der Waals surface area (Å²) in [7, 11) is 1.57. The molecular formula is C18H25ClN2O5. The Morgan fingerprint density at radius 1 is 1.38 bits per heavy atom. The van der Waals surface area contributed by atoms with Gasteiger partial charge in [0.2, 0.25) is 0 Å². The maximum atomic E-state index is 12.0. The van der Waals surface area contributed by atoms with E-state index in [1.807, 2.05) is 0 Å². The van der Waals surface area contributed by atoms with E-state index in [0.717, 1.165) is 0 Å². The number of aliphatic hydroxyl groups excluding tert-OH is 1. The van der Waals surface area contributed by atoms with E-state index in [0.29, 0.717) is 55.4 Å². The monoisotopic (exact) mass is 384 g/mol. The van der Waals surface area contributed by atoms with Gasteiger partial charge in [-0.15, -0.1) is 0 Å². The molecule has 1 atom stereocenters. The highest BCUT2D eigenvalue weighted by molar-refractivity contribution is 6.32. The van der Waals surface area contributed by atoms with Crippen molar-refractivity contribution in [2.24, 2.45) is 0 Å². The quantitative estimate of drug-likeness (QED) is 0.695. The number of rotatable bonds is 7. The third-order valence-electron chi connectivity index (χ3n) is 4.19. The Morgan fingerprint density at radius 2 is 2.08 bits per heavy atom. The fourth-order valence-corrected chi connectivity index (χ4v) is 2.97. The lowest BCUT2D eigenvalue weighted by Crippen LogP contribution is -2.45. The Kier molecular flexibility index (Phi) is 7.68. The van der Waals surface area contributed by atoms with Crippen molar-refractivity contribution >= 4 is 23.4 Å². The van der Waals surface area contributed by atoms with Gasteiger partial charge in [0.15, 0.2) is 0 Å². The molecule has 1 aromatic rings. The van der Waals surface area contributed by atoms with Crippen LogP contribution >= 0.6 is 11.6 Å². The minimum Gasteiger partial charge on any atom is -0.489 e. The number of piperidine rings is 1. The molecule has 7 nitrogen and oxygen atoms in total. The van der Waals surface area contributed by atoms with Crippen molar-refractivity contribution in [3.63, 3.8) is 0 Å². The van der Waals surface area contributed by atoms with Crippen LogP contribution in [-0.2, 0) is 9.53 Å². The Balaban J connectivity index is 1.89. The number of amides is 2. The Hall–Kier alpha value is -1.83. The molecule has 0 spiro atoms. The molecule has 1 fully saturated rings. The molecule has 0 saturated carbocycles. The van der Waals surface area contributed by atoms with Gasteiger partial charge >= 0.3 is 0 Å². The SMILES string of the molecule is COCCNC(=O)c1ccc(OC2CCN(C(=O)C(C)O)CC2)c(Cl)c1. The summed E-state index contributed by atoms with van der Waals surface area (Å²) in [6, 6.07) is 4.92. The van der Waals surface area contributed by atoms with Crippen molar-refractivity contribution < 1.29 is 24.2 Å². The molecule has 2 N–H and O–H groups in total. The van der Waals surface area contributed by atoms with Crippen molar-refractivity contribution in [3.8, 4) is 5.75 Å². The average molecular weight is 385 g/mol. The second kappa shape index (κ2) is 9.75. The van der Waals surface area contributed by atoms with Crippen LogP contribution in [0.4, 0.5) is 0 Å². The largest absolute Gasteiger partial charge is 0.489 e. The number of hydrogen-bond donors (Lipinski definition) is 2. The summed E-state index contributed by atoms with van der Waals surface area (Å²) in [6.07, 6.45) is 0.277. The van der Waals surface area contributed by atoms with Crippen LogP contribution in [0.15, 0.2) is 18.2 Å². The van der Waals surface area contributed by atoms with Crippen LogP contribution in [0.25, 0.3) is 0 Å². The number of likely N-dealkylation sites (tertiary alicyclic amines) is 1. The second-order valence-electron chi connectivity index (χ2n) is 6.21. The molecule has 0 aromatic heterocycles. The summed E-state index contributed by atoms with van der Waals surface area (Å²) in [5.41, 5.74) is 0.454. The number of halogens is 1. The standard InChI is InChI=1S/C18H25ClN2O5/c1-12(22)18(24)21-8-5-14(6-9-21)26-16-4-3-13(11-15(16)19)17(23)20-7-10-25-2/h3-4,11-12,14,22H,5-10H2,1-2H3,(H,20,23). The number of carbonyl (C=O) groups excluding carboxylic acids is 2. The molecule has 1 saturated heterocycles. The van der Waals surface area contributed by atoms with E-state index in [9.17, 15) is 14.7 Å². The summed E-state index contributed by atoms with van der Waals surface area (Å²) in [5, 5.41) is 12.5. The van der Waals surface area contributed by atoms with Gasteiger partial charge in [0, 0.05) is 45.1 Å². The number of nitrogens with one attached hydrogen (secondary N) is 1. The summed E-state index contributed by atoms with van der Waals surface area (Å²) in [4.78, 5) is 25.4. The van der Waals surface area contributed by atoms with Gasteiger partial charge in [0.05, 0.1) is 11.6 Å². The second-order valence-corrected chi connectivity index (χ2v) is 6.62. The fraction of sp³-hybridized carbons (Fsp3) is 0.556. The predicted octanol–water partition coefficient (Wildman–Crippen LogP) is 1.47. The van der Waals surface area contributed by atoms with Gasteiger partial charge in [-0.25, -0.2) is 0 Å². The third kappa shape index (κ3) is 5.59. The lowest BCUT2D eigenvalue weighted by Gasteiger charge is -2.33. The number of nitrogens with zero attached hydrogens (tertiary/aromatic N) is 1. The van der Waals surface area contributed by atoms with Gasteiger partial charge in [0.25, 0.3) is 11.8 Å². The molecule has 2 rings (SSSR count).